The molecule has 0 fully saturated rings. The minimum atomic E-state index is -0.705. The van der Waals surface area contributed by atoms with E-state index in [0.29, 0.717) is 49.2 Å². The van der Waals surface area contributed by atoms with Crippen molar-refractivity contribution in [3.05, 3.63) is 78.5 Å². The molecule has 0 aliphatic carbocycles. The van der Waals surface area contributed by atoms with Crippen molar-refractivity contribution in [3.63, 3.8) is 0 Å². The number of methoxy groups -OCH3 is 4. The van der Waals surface area contributed by atoms with Gasteiger partial charge in [0, 0.05) is 0 Å². The highest BCUT2D eigenvalue weighted by molar-refractivity contribution is 7.07. The quantitative estimate of drug-likeness (QED) is 0.418. The summed E-state index contributed by atoms with van der Waals surface area (Å²) in [5, 5.41) is 0. The second-order valence-electron chi connectivity index (χ2n) is 8.03. The predicted octanol–water partition coefficient (Wildman–Crippen LogP) is 2.83. The Morgan fingerprint density at radius 2 is 1.68 bits per heavy atom. The lowest BCUT2D eigenvalue weighted by Crippen LogP contribution is -2.39. The van der Waals surface area contributed by atoms with E-state index in [4.69, 9.17) is 23.7 Å². The van der Waals surface area contributed by atoms with Gasteiger partial charge in [-0.15, -0.1) is 0 Å². The number of rotatable bonds is 8. The van der Waals surface area contributed by atoms with Crippen molar-refractivity contribution < 1.29 is 28.5 Å². The van der Waals surface area contributed by atoms with Crippen LogP contribution in [0.1, 0.15) is 31.0 Å². The highest BCUT2D eigenvalue weighted by atomic mass is 32.1. The van der Waals surface area contributed by atoms with E-state index in [2.05, 4.69) is 4.99 Å². The molecule has 1 atom stereocenters. The van der Waals surface area contributed by atoms with Gasteiger partial charge in [0.05, 0.1) is 56.9 Å². The van der Waals surface area contributed by atoms with Gasteiger partial charge < -0.3 is 23.7 Å². The lowest BCUT2D eigenvalue weighted by atomic mass is 9.96. The molecule has 0 saturated heterocycles. The van der Waals surface area contributed by atoms with Crippen LogP contribution in [-0.2, 0) is 9.53 Å². The molecule has 9 nitrogen and oxygen atoms in total. The Hall–Kier alpha value is -4.05. The number of carbonyl (C=O) groups is 1. The summed E-state index contributed by atoms with van der Waals surface area (Å²) in [4.78, 5) is 31.9. The Morgan fingerprint density at radius 1 is 1.03 bits per heavy atom. The zero-order valence-corrected chi connectivity index (χ0v) is 22.3. The van der Waals surface area contributed by atoms with Gasteiger partial charge >= 0.3 is 5.97 Å². The van der Waals surface area contributed by atoms with E-state index in [1.165, 1.54) is 37.2 Å². The maximum absolute atomic E-state index is 13.8. The third-order valence-electron chi connectivity index (χ3n) is 5.93. The molecule has 0 amide bonds. The SMILES string of the molecule is CCOC(=O)C1=C(C)N=c2s/c(=C\c3cc(OC)c(OC)c(OC)c3)c(=O)n2[C@H]1c1ccc(OC)cc1. The van der Waals surface area contributed by atoms with Crippen LogP contribution in [0.4, 0.5) is 0 Å². The third-order valence-corrected chi connectivity index (χ3v) is 6.92. The van der Waals surface area contributed by atoms with Gasteiger partial charge in [-0.05, 0) is 55.3 Å². The fourth-order valence-corrected chi connectivity index (χ4v) is 5.28. The number of benzene rings is 2. The molecule has 10 heteroatoms. The van der Waals surface area contributed by atoms with Crippen molar-refractivity contribution in [2.45, 2.75) is 19.9 Å². The summed E-state index contributed by atoms with van der Waals surface area (Å²) in [6.45, 7) is 3.69. The molecule has 1 aromatic heterocycles. The number of allylic oxidation sites excluding steroid dienone is 1. The van der Waals surface area contributed by atoms with Crippen LogP contribution in [0, 0.1) is 0 Å². The van der Waals surface area contributed by atoms with Gasteiger partial charge in [-0.3, -0.25) is 9.36 Å². The second-order valence-corrected chi connectivity index (χ2v) is 9.04. The van der Waals surface area contributed by atoms with Crippen molar-refractivity contribution in [1.29, 1.82) is 0 Å². The zero-order valence-electron chi connectivity index (χ0n) is 21.5. The standard InChI is InChI=1S/C27H28N2O7S/c1-7-36-26(31)22-15(2)28-27-29(23(22)17-8-10-18(32-3)11-9-17)25(30)21(37-27)14-16-12-19(33-4)24(35-6)20(13-16)34-5/h8-14,23H,7H2,1-6H3/b21-14-/t23-/m0/s1. The first kappa shape index (κ1) is 26.0. The summed E-state index contributed by atoms with van der Waals surface area (Å²) < 4.78 is 28.9. The summed E-state index contributed by atoms with van der Waals surface area (Å²) in [7, 11) is 6.17. The molecular formula is C27H28N2O7S. The van der Waals surface area contributed by atoms with E-state index >= 15 is 0 Å². The van der Waals surface area contributed by atoms with Crippen molar-refractivity contribution in [3.8, 4) is 23.0 Å². The van der Waals surface area contributed by atoms with E-state index in [9.17, 15) is 9.59 Å². The van der Waals surface area contributed by atoms with E-state index in [-0.39, 0.29) is 12.2 Å². The molecule has 2 aromatic carbocycles. The number of aromatic nitrogens is 1. The summed E-state index contributed by atoms with van der Waals surface area (Å²) in [5.41, 5.74) is 1.95. The summed E-state index contributed by atoms with van der Waals surface area (Å²) in [6.07, 6.45) is 1.74. The smallest absolute Gasteiger partial charge is 0.338 e. The van der Waals surface area contributed by atoms with E-state index in [1.54, 1.807) is 51.3 Å². The number of esters is 1. The number of carbonyl (C=O) groups excluding carboxylic acids is 1. The predicted molar refractivity (Wildman–Crippen MR) is 139 cm³/mol. The topological polar surface area (TPSA) is 97.6 Å². The second kappa shape index (κ2) is 10.9. The van der Waals surface area contributed by atoms with Crippen molar-refractivity contribution in [2.24, 2.45) is 4.99 Å². The van der Waals surface area contributed by atoms with Crippen LogP contribution in [0.5, 0.6) is 23.0 Å². The Morgan fingerprint density at radius 3 is 2.22 bits per heavy atom. The molecule has 2 heterocycles. The van der Waals surface area contributed by atoms with Gasteiger partial charge in [0.1, 0.15) is 5.75 Å². The number of fused-ring (bicyclic) bond motifs is 1. The molecular weight excluding hydrogens is 496 g/mol. The molecule has 0 radical (unpaired) electrons. The van der Waals surface area contributed by atoms with Crippen LogP contribution in [0.2, 0.25) is 0 Å². The first-order valence-electron chi connectivity index (χ1n) is 11.5. The first-order valence-corrected chi connectivity index (χ1v) is 12.3. The number of nitrogens with zero attached hydrogens (tertiary/aromatic N) is 2. The molecule has 0 bridgehead atoms. The first-order chi connectivity index (χ1) is 17.9. The molecule has 0 unspecified atom stereocenters. The lowest BCUT2D eigenvalue weighted by molar-refractivity contribution is -0.139. The van der Waals surface area contributed by atoms with E-state index < -0.39 is 12.0 Å². The van der Waals surface area contributed by atoms with Gasteiger partial charge in [0.15, 0.2) is 16.3 Å². The van der Waals surface area contributed by atoms with Crippen LogP contribution in [0.25, 0.3) is 6.08 Å². The van der Waals surface area contributed by atoms with Crippen LogP contribution in [-0.4, -0.2) is 45.6 Å². The zero-order chi connectivity index (χ0) is 26.7. The molecule has 37 heavy (non-hydrogen) atoms. The lowest BCUT2D eigenvalue weighted by Gasteiger charge is -2.24. The molecule has 1 aliphatic heterocycles. The molecule has 0 saturated carbocycles. The Bertz CT molecular complexity index is 1510. The molecule has 0 spiro atoms. The molecule has 0 N–H and O–H groups in total. The van der Waals surface area contributed by atoms with E-state index in [1.807, 2.05) is 12.1 Å². The van der Waals surface area contributed by atoms with Gasteiger partial charge in [-0.25, -0.2) is 9.79 Å². The van der Waals surface area contributed by atoms with Crippen LogP contribution in [0.3, 0.4) is 0 Å². The normalized spacial score (nSPS) is 15.1. The number of hydrogen-bond acceptors (Lipinski definition) is 9. The van der Waals surface area contributed by atoms with Gasteiger partial charge in [-0.1, -0.05) is 23.5 Å². The maximum atomic E-state index is 13.8. The summed E-state index contributed by atoms with van der Waals surface area (Å²) in [5.74, 6) is 1.55. The summed E-state index contributed by atoms with van der Waals surface area (Å²) >= 11 is 1.23. The van der Waals surface area contributed by atoms with Crippen molar-refractivity contribution >= 4 is 23.4 Å². The Kier molecular flexibility index (Phi) is 7.68. The largest absolute Gasteiger partial charge is 0.497 e. The number of thiazole rings is 1. The molecule has 4 rings (SSSR count). The monoisotopic (exact) mass is 524 g/mol. The van der Waals surface area contributed by atoms with Crippen LogP contribution >= 0.6 is 11.3 Å². The van der Waals surface area contributed by atoms with Gasteiger partial charge in [0.25, 0.3) is 5.56 Å². The molecule has 194 valence electrons. The van der Waals surface area contributed by atoms with E-state index in [0.717, 1.165) is 5.56 Å². The number of hydrogen-bond donors (Lipinski definition) is 0. The third kappa shape index (κ3) is 4.84. The molecule has 3 aromatic rings. The highest BCUT2D eigenvalue weighted by Crippen LogP contribution is 2.38. The van der Waals surface area contributed by atoms with Crippen LogP contribution in [0.15, 0.2) is 57.5 Å². The minimum Gasteiger partial charge on any atom is -0.497 e. The Labute approximate surface area is 217 Å². The maximum Gasteiger partial charge on any atom is 0.338 e. The average molecular weight is 525 g/mol. The van der Waals surface area contributed by atoms with Gasteiger partial charge in [-0.2, -0.15) is 0 Å². The van der Waals surface area contributed by atoms with Crippen molar-refractivity contribution in [1.82, 2.24) is 4.57 Å². The fourth-order valence-electron chi connectivity index (χ4n) is 4.23. The highest BCUT2D eigenvalue weighted by Gasteiger charge is 2.33. The fraction of sp³-hybridized carbons (Fsp3) is 0.296. The van der Waals surface area contributed by atoms with Gasteiger partial charge in [0.2, 0.25) is 5.75 Å². The average Bonchev–Trinajstić information content (AvgIpc) is 3.21. The number of ether oxygens (including phenoxy) is 5. The Balaban J connectivity index is 1.94. The van der Waals surface area contributed by atoms with Crippen molar-refractivity contribution in [2.75, 3.05) is 35.0 Å². The molecule has 1 aliphatic rings. The minimum absolute atomic E-state index is 0.205. The summed E-state index contributed by atoms with van der Waals surface area (Å²) in [6, 6.07) is 10.1. The van der Waals surface area contributed by atoms with Crippen LogP contribution < -0.4 is 33.8 Å².